The average Bonchev–Trinajstić information content (AvgIpc) is 2.33. The first-order valence-electron chi connectivity index (χ1n) is 6.01. The second-order valence-corrected chi connectivity index (χ2v) is 4.51. The normalized spacial score (nSPS) is 10.4. The molecule has 94 valence electrons. The summed E-state index contributed by atoms with van der Waals surface area (Å²) in [5.41, 5.74) is 10.0. The Balaban J connectivity index is 2.27. The highest BCUT2D eigenvalue weighted by molar-refractivity contribution is 5.36. The van der Waals surface area contributed by atoms with Crippen LogP contribution in [0.15, 0.2) is 30.3 Å². The summed E-state index contributed by atoms with van der Waals surface area (Å²) in [5.74, 6) is 1.40. The van der Waals surface area contributed by atoms with Gasteiger partial charge in [-0.2, -0.15) is 0 Å². The van der Waals surface area contributed by atoms with Crippen LogP contribution in [0.2, 0.25) is 0 Å². The summed E-state index contributed by atoms with van der Waals surface area (Å²) in [7, 11) is 0. The predicted octanol–water partition coefficient (Wildman–Crippen LogP) is 3.26. The van der Waals surface area contributed by atoms with Gasteiger partial charge in [-0.25, -0.2) is 4.98 Å². The molecular weight excluding hydrogens is 224 g/mol. The molecule has 0 atom stereocenters. The Morgan fingerprint density at radius 2 is 1.83 bits per heavy atom. The molecule has 1 aromatic heterocycles. The Morgan fingerprint density at radius 1 is 1.06 bits per heavy atom. The number of rotatable bonds is 3. The van der Waals surface area contributed by atoms with E-state index >= 15 is 0 Å². The lowest BCUT2D eigenvalue weighted by Gasteiger charge is -2.09. The smallest absolute Gasteiger partial charge is 0.219 e. The van der Waals surface area contributed by atoms with Crippen molar-refractivity contribution in [2.24, 2.45) is 5.73 Å². The van der Waals surface area contributed by atoms with Crippen molar-refractivity contribution in [3.63, 3.8) is 0 Å². The molecule has 3 nitrogen and oxygen atoms in total. The molecule has 2 N–H and O–H groups in total. The third kappa shape index (κ3) is 2.87. The average molecular weight is 242 g/mol. The molecule has 0 amide bonds. The van der Waals surface area contributed by atoms with Crippen molar-refractivity contribution in [1.29, 1.82) is 0 Å². The van der Waals surface area contributed by atoms with Gasteiger partial charge in [0.05, 0.1) is 0 Å². The van der Waals surface area contributed by atoms with Crippen LogP contribution in [-0.2, 0) is 6.54 Å². The minimum absolute atomic E-state index is 0.493. The molecular formula is C15H18N2O. The molecule has 0 aliphatic rings. The van der Waals surface area contributed by atoms with Gasteiger partial charge in [0.2, 0.25) is 5.88 Å². The van der Waals surface area contributed by atoms with Crippen LogP contribution in [0.1, 0.15) is 22.4 Å². The van der Waals surface area contributed by atoms with Gasteiger partial charge in [-0.1, -0.05) is 6.07 Å². The third-order valence-electron chi connectivity index (χ3n) is 2.93. The quantitative estimate of drug-likeness (QED) is 0.898. The molecule has 18 heavy (non-hydrogen) atoms. The lowest BCUT2D eigenvalue weighted by Crippen LogP contribution is -1.99. The van der Waals surface area contributed by atoms with Gasteiger partial charge in [0.15, 0.2) is 0 Å². The molecule has 0 aliphatic heterocycles. The topological polar surface area (TPSA) is 48.1 Å². The Kier molecular flexibility index (Phi) is 3.63. The predicted molar refractivity (Wildman–Crippen MR) is 72.9 cm³/mol. The van der Waals surface area contributed by atoms with Crippen molar-refractivity contribution in [2.45, 2.75) is 27.3 Å². The van der Waals surface area contributed by atoms with E-state index in [1.165, 1.54) is 11.1 Å². The first-order chi connectivity index (χ1) is 8.58. The van der Waals surface area contributed by atoms with Crippen molar-refractivity contribution in [1.82, 2.24) is 4.98 Å². The van der Waals surface area contributed by atoms with Gasteiger partial charge in [-0.05, 0) is 55.7 Å². The third-order valence-corrected chi connectivity index (χ3v) is 2.93. The maximum absolute atomic E-state index is 5.77. The summed E-state index contributed by atoms with van der Waals surface area (Å²) in [4.78, 5) is 4.35. The molecule has 0 fully saturated rings. The van der Waals surface area contributed by atoms with Crippen molar-refractivity contribution in [3.8, 4) is 11.6 Å². The lowest BCUT2D eigenvalue weighted by molar-refractivity contribution is 0.460. The number of aromatic nitrogens is 1. The second-order valence-electron chi connectivity index (χ2n) is 4.51. The fourth-order valence-electron chi connectivity index (χ4n) is 1.78. The van der Waals surface area contributed by atoms with Gasteiger partial charge >= 0.3 is 0 Å². The molecule has 1 heterocycles. The first-order valence-corrected chi connectivity index (χ1v) is 6.01. The number of benzene rings is 1. The van der Waals surface area contributed by atoms with E-state index < -0.39 is 0 Å². The van der Waals surface area contributed by atoms with Crippen LogP contribution >= 0.6 is 0 Å². The van der Waals surface area contributed by atoms with Crippen LogP contribution in [-0.4, -0.2) is 4.98 Å². The molecule has 0 spiro atoms. The van der Waals surface area contributed by atoms with Gasteiger partial charge in [0.1, 0.15) is 5.75 Å². The molecule has 1 aromatic carbocycles. The Labute approximate surface area is 108 Å². The van der Waals surface area contributed by atoms with E-state index in [1.54, 1.807) is 0 Å². The summed E-state index contributed by atoms with van der Waals surface area (Å²) in [6.45, 7) is 6.58. The van der Waals surface area contributed by atoms with E-state index in [-0.39, 0.29) is 0 Å². The monoisotopic (exact) mass is 242 g/mol. The molecule has 0 bridgehead atoms. The fraction of sp³-hybridized carbons (Fsp3) is 0.267. The summed E-state index contributed by atoms with van der Waals surface area (Å²) < 4.78 is 5.77. The van der Waals surface area contributed by atoms with Crippen molar-refractivity contribution in [2.75, 3.05) is 0 Å². The number of pyridine rings is 1. The van der Waals surface area contributed by atoms with E-state index in [1.807, 2.05) is 37.3 Å². The minimum Gasteiger partial charge on any atom is -0.439 e. The maximum Gasteiger partial charge on any atom is 0.219 e. The molecule has 0 saturated heterocycles. The molecule has 2 aromatic rings. The largest absolute Gasteiger partial charge is 0.439 e. The highest BCUT2D eigenvalue weighted by Crippen LogP contribution is 2.23. The van der Waals surface area contributed by atoms with E-state index in [9.17, 15) is 0 Å². The Morgan fingerprint density at radius 3 is 2.50 bits per heavy atom. The summed E-state index contributed by atoms with van der Waals surface area (Å²) >= 11 is 0. The number of ether oxygens (including phenoxy) is 1. The zero-order valence-corrected chi connectivity index (χ0v) is 11.0. The van der Waals surface area contributed by atoms with Gasteiger partial charge in [-0.3, -0.25) is 0 Å². The standard InChI is InChI=1S/C15H18N2O/c1-10-4-5-14(6-11(10)2)18-15-8-13(9-16)7-12(3)17-15/h4-8H,9,16H2,1-3H3. The number of aryl methyl sites for hydroxylation is 3. The first kappa shape index (κ1) is 12.6. The van der Waals surface area contributed by atoms with Crippen LogP contribution in [0, 0.1) is 20.8 Å². The van der Waals surface area contributed by atoms with Gasteiger partial charge < -0.3 is 10.5 Å². The molecule has 3 heteroatoms. The van der Waals surface area contributed by atoms with Crippen molar-refractivity contribution >= 4 is 0 Å². The Bertz CT molecular complexity index is 564. The zero-order valence-electron chi connectivity index (χ0n) is 11.0. The number of hydrogen-bond acceptors (Lipinski definition) is 3. The number of nitrogens with zero attached hydrogens (tertiary/aromatic N) is 1. The Hall–Kier alpha value is -1.87. The van der Waals surface area contributed by atoms with Crippen LogP contribution in [0.25, 0.3) is 0 Å². The van der Waals surface area contributed by atoms with Crippen LogP contribution < -0.4 is 10.5 Å². The van der Waals surface area contributed by atoms with E-state index in [0.29, 0.717) is 12.4 Å². The molecule has 0 radical (unpaired) electrons. The summed E-state index contributed by atoms with van der Waals surface area (Å²) in [6.07, 6.45) is 0. The second kappa shape index (κ2) is 5.19. The lowest BCUT2D eigenvalue weighted by atomic mass is 10.1. The zero-order chi connectivity index (χ0) is 13.1. The van der Waals surface area contributed by atoms with Crippen LogP contribution in [0.3, 0.4) is 0 Å². The molecule has 2 rings (SSSR count). The van der Waals surface area contributed by atoms with Crippen molar-refractivity contribution in [3.05, 3.63) is 52.7 Å². The SMILES string of the molecule is Cc1cc(CN)cc(Oc2ccc(C)c(C)c2)n1. The van der Waals surface area contributed by atoms with Gasteiger partial charge in [0.25, 0.3) is 0 Å². The van der Waals surface area contributed by atoms with Gasteiger partial charge in [-0.15, -0.1) is 0 Å². The number of nitrogens with two attached hydrogens (primary N) is 1. The number of hydrogen-bond donors (Lipinski definition) is 1. The van der Waals surface area contributed by atoms with E-state index in [2.05, 4.69) is 18.8 Å². The summed E-state index contributed by atoms with van der Waals surface area (Å²) in [6, 6.07) is 9.86. The van der Waals surface area contributed by atoms with E-state index in [4.69, 9.17) is 10.5 Å². The molecule has 0 unspecified atom stereocenters. The fourth-order valence-corrected chi connectivity index (χ4v) is 1.78. The minimum atomic E-state index is 0.493. The van der Waals surface area contributed by atoms with E-state index in [0.717, 1.165) is 17.0 Å². The molecule has 0 saturated carbocycles. The van der Waals surface area contributed by atoms with Crippen LogP contribution in [0.5, 0.6) is 11.6 Å². The molecule has 0 aliphatic carbocycles. The van der Waals surface area contributed by atoms with Gasteiger partial charge in [0, 0.05) is 18.3 Å². The highest BCUT2D eigenvalue weighted by Gasteiger charge is 2.03. The van der Waals surface area contributed by atoms with Crippen LogP contribution in [0.4, 0.5) is 0 Å². The highest BCUT2D eigenvalue weighted by atomic mass is 16.5. The maximum atomic E-state index is 5.77. The van der Waals surface area contributed by atoms with Crippen molar-refractivity contribution < 1.29 is 4.74 Å². The summed E-state index contributed by atoms with van der Waals surface area (Å²) in [5, 5.41) is 0.